The van der Waals surface area contributed by atoms with E-state index in [0.717, 1.165) is 30.0 Å². The van der Waals surface area contributed by atoms with Crippen LogP contribution in [0.5, 0.6) is 0 Å². The fraction of sp³-hybridized carbons (Fsp3) is 0.538. The van der Waals surface area contributed by atoms with Gasteiger partial charge in [-0.05, 0) is 24.6 Å². The summed E-state index contributed by atoms with van der Waals surface area (Å²) < 4.78 is 5.72. The van der Waals surface area contributed by atoms with Gasteiger partial charge in [-0.25, -0.2) is 0 Å². The van der Waals surface area contributed by atoms with Crippen LogP contribution in [0.15, 0.2) is 24.3 Å². The van der Waals surface area contributed by atoms with E-state index in [4.69, 9.17) is 16.3 Å². The minimum absolute atomic E-state index is 0.297. The summed E-state index contributed by atoms with van der Waals surface area (Å²) in [5, 5.41) is 1.70. The fourth-order valence-corrected chi connectivity index (χ4v) is 2.66. The van der Waals surface area contributed by atoms with Crippen LogP contribution in [0, 0.1) is 0 Å². The van der Waals surface area contributed by atoms with Crippen molar-refractivity contribution in [1.29, 1.82) is 0 Å². The van der Waals surface area contributed by atoms with Gasteiger partial charge in [0.25, 0.3) is 0 Å². The lowest BCUT2D eigenvalue weighted by Crippen LogP contribution is -2.48. The van der Waals surface area contributed by atoms with Crippen molar-refractivity contribution >= 4 is 27.5 Å². The van der Waals surface area contributed by atoms with Crippen molar-refractivity contribution in [3.05, 3.63) is 34.9 Å². The van der Waals surface area contributed by atoms with Crippen LogP contribution in [-0.2, 0) is 11.3 Å². The van der Waals surface area contributed by atoms with Crippen molar-refractivity contribution in [2.75, 3.05) is 18.5 Å². The molecule has 0 N–H and O–H groups in total. The van der Waals surface area contributed by atoms with Crippen LogP contribution in [0.2, 0.25) is 5.02 Å². The molecule has 0 amide bonds. The molecule has 1 fully saturated rings. The van der Waals surface area contributed by atoms with Crippen LogP contribution in [0.4, 0.5) is 0 Å². The van der Waals surface area contributed by atoms with Crippen molar-refractivity contribution < 1.29 is 4.74 Å². The molecule has 2 nitrogen and oxygen atoms in total. The van der Waals surface area contributed by atoms with Crippen molar-refractivity contribution in [3.63, 3.8) is 0 Å². The quantitative estimate of drug-likeness (QED) is 0.793. The van der Waals surface area contributed by atoms with E-state index in [1.165, 1.54) is 5.56 Å². The van der Waals surface area contributed by atoms with E-state index >= 15 is 0 Å². The van der Waals surface area contributed by atoms with E-state index in [2.05, 4.69) is 33.8 Å². The molecular weight excluding hydrogens is 302 g/mol. The van der Waals surface area contributed by atoms with Crippen LogP contribution < -0.4 is 0 Å². The summed E-state index contributed by atoms with van der Waals surface area (Å²) in [6.07, 6.45) is 0.297. The van der Waals surface area contributed by atoms with Crippen LogP contribution in [0.3, 0.4) is 0 Å². The Labute approximate surface area is 116 Å². The van der Waals surface area contributed by atoms with Gasteiger partial charge in [0, 0.05) is 29.5 Å². The highest BCUT2D eigenvalue weighted by molar-refractivity contribution is 9.09. The van der Waals surface area contributed by atoms with Crippen molar-refractivity contribution in [1.82, 2.24) is 4.90 Å². The molecule has 0 bridgehead atoms. The van der Waals surface area contributed by atoms with E-state index in [9.17, 15) is 0 Å². The van der Waals surface area contributed by atoms with E-state index in [-0.39, 0.29) is 0 Å². The molecule has 0 spiro atoms. The van der Waals surface area contributed by atoms with Crippen LogP contribution in [0.25, 0.3) is 0 Å². The summed E-state index contributed by atoms with van der Waals surface area (Å²) in [6.45, 7) is 4.92. The highest BCUT2D eigenvalue weighted by atomic mass is 79.9. The molecule has 1 heterocycles. The summed E-state index contributed by atoms with van der Waals surface area (Å²) in [4.78, 5) is 2.45. The summed E-state index contributed by atoms with van der Waals surface area (Å²) >= 11 is 9.49. The minimum atomic E-state index is 0.297. The van der Waals surface area contributed by atoms with Gasteiger partial charge < -0.3 is 4.74 Å². The number of alkyl halides is 1. The largest absolute Gasteiger partial charge is 0.374 e. The maximum Gasteiger partial charge on any atom is 0.0799 e. The maximum absolute atomic E-state index is 6.00. The molecule has 0 saturated carbocycles. The Balaban J connectivity index is 2.01. The van der Waals surface area contributed by atoms with Gasteiger partial charge in [0.05, 0.1) is 12.7 Å². The van der Waals surface area contributed by atoms with Crippen LogP contribution >= 0.6 is 27.5 Å². The Hall–Kier alpha value is -0.0900. The Morgan fingerprint density at radius 3 is 3.06 bits per heavy atom. The molecule has 17 heavy (non-hydrogen) atoms. The number of ether oxygens (including phenoxy) is 1. The Bertz CT molecular complexity index is 374. The second kappa shape index (κ2) is 6.19. The molecule has 1 aliphatic rings. The first kappa shape index (κ1) is 13.3. The number of hydrogen-bond acceptors (Lipinski definition) is 2. The van der Waals surface area contributed by atoms with E-state index in [1.807, 2.05) is 18.2 Å². The van der Waals surface area contributed by atoms with Gasteiger partial charge in [0.15, 0.2) is 0 Å². The Morgan fingerprint density at radius 1 is 1.53 bits per heavy atom. The molecule has 1 aromatic rings. The Morgan fingerprint density at radius 2 is 2.35 bits per heavy atom. The van der Waals surface area contributed by atoms with Gasteiger partial charge in [-0.15, -0.1) is 0 Å². The number of hydrogen-bond donors (Lipinski definition) is 0. The molecule has 1 aromatic carbocycles. The third-order valence-corrected chi connectivity index (χ3v) is 4.04. The fourth-order valence-electron chi connectivity index (χ4n) is 2.06. The molecule has 0 aromatic heterocycles. The van der Waals surface area contributed by atoms with Crippen LogP contribution in [-0.4, -0.2) is 35.5 Å². The summed E-state index contributed by atoms with van der Waals surface area (Å²) in [5.41, 5.74) is 1.26. The molecule has 2 unspecified atom stereocenters. The molecular formula is C13H17BrClNO. The third kappa shape index (κ3) is 3.68. The average molecular weight is 319 g/mol. The number of halogens is 2. The zero-order valence-corrected chi connectivity index (χ0v) is 12.2. The van der Waals surface area contributed by atoms with E-state index < -0.39 is 0 Å². The summed E-state index contributed by atoms with van der Waals surface area (Å²) in [5.74, 6) is 0. The van der Waals surface area contributed by atoms with Gasteiger partial charge >= 0.3 is 0 Å². The topological polar surface area (TPSA) is 12.5 Å². The average Bonchev–Trinajstić information content (AvgIpc) is 2.32. The monoisotopic (exact) mass is 317 g/mol. The lowest BCUT2D eigenvalue weighted by molar-refractivity contribution is -0.0499. The predicted molar refractivity (Wildman–Crippen MR) is 74.9 cm³/mol. The van der Waals surface area contributed by atoms with Gasteiger partial charge in [0.1, 0.15) is 0 Å². The highest BCUT2D eigenvalue weighted by Gasteiger charge is 2.25. The summed E-state index contributed by atoms with van der Waals surface area (Å²) in [6, 6.07) is 8.54. The first-order chi connectivity index (χ1) is 8.19. The van der Waals surface area contributed by atoms with Crippen molar-refractivity contribution in [3.8, 4) is 0 Å². The van der Waals surface area contributed by atoms with E-state index in [1.54, 1.807) is 0 Å². The number of morpholine rings is 1. The lowest BCUT2D eigenvalue weighted by Gasteiger charge is -2.37. The second-order valence-corrected chi connectivity index (χ2v) is 5.60. The smallest absolute Gasteiger partial charge is 0.0799 e. The van der Waals surface area contributed by atoms with Gasteiger partial charge in [0.2, 0.25) is 0 Å². The molecule has 0 aliphatic carbocycles. The molecule has 2 rings (SSSR count). The van der Waals surface area contributed by atoms with Crippen LogP contribution in [0.1, 0.15) is 12.5 Å². The van der Waals surface area contributed by atoms with Crippen molar-refractivity contribution in [2.45, 2.75) is 25.6 Å². The first-order valence-corrected chi connectivity index (χ1v) is 7.35. The standard InChI is InChI=1S/C13H17BrClNO/c1-10-9-17-13(6-14)8-16(10)7-11-3-2-4-12(15)5-11/h2-5,10,13H,6-9H2,1H3. The molecule has 1 saturated heterocycles. The normalized spacial score (nSPS) is 26.1. The zero-order chi connectivity index (χ0) is 12.3. The predicted octanol–water partition coefficient (Wildman–Crippen LogP) is 3.32. The molecule has 2 atom stereocenters. The highest BCUT2D eigenvalue weighted by Crippen LogP contribution is 2.18. The minimum Gasteiger partial charge on any atom is -0.374 e. The van der Waals surface area contributed by atoms with Gasteiger partial charge in [-0.1, -0.05) is 39.7 Å². The molecule has 4 heteroatoms. The van der Waals surface area contributed by atoms with E-state index in [0.29, 0.717) is 12.1 Å². The molecule has 94 valence electrons. The number of nitrogens with zero attached hydrogens (tertiary/aromatic N) is 1. The van der Waals surface area contributed by atoms with Gasteiger partial charge in [-0.3, -0.25) is 4.90 Å². The van der Waals surface area contributed by atoms with Crippen molar-refractivity contribution in [2.24, 2.45) is 0 Å². The second-order valence-electron chi connectivity index (χ2n) is 4.52. The summed E-state index contributed by atoms with van der Waals surface area (Å²) in [7, 11) is 0. The van der Waals surface area contributed by atoms with Gasteiger partial charge in [-0.2, -0.15) is 0 Å². The maximum atomic E-state index is 6.00. The molecule has 0 radical (unpaired) electrons. The third-order valence-electron chi connectivity index (χ3n) is 3.08. The number of benzene rings is 1. The number of rotatable bonds is 3. The molecule has 1 aliphatic heterocycles. The zero-order valence-electron chi connectivity index (χ0n) is 9.90. The Kier molecular flexibility index (Phi) is 4.86. The first-order valence-electron chi connectivity index (χ1n) is 5.85. The lowest BCUT2D eigenvalue weighted by atomic mass is 10.1. The SMILES string of the molecule is CC1COC(CBr)CN1Cc1cccc(Cl)c1.